The van der Waals surface area contributed by atoms with E-state index in [2.05, 4.69) is 10.2 Å². The summed E-state index contributed by atoms with van der Waals surface area (Å²) >= 11 is 0. The van der Waals surface area contributed by atoms with Gasteiger partial charge in [0.2, 0.25) is 0 Å². The van der Waals surface area contributed by atoms with Gasteiger partial charge in [-0.1, -0.05) is 0 Å². The van der Waals surface area contributed by atoms with Crippen molar-refractivity contribution in [1.82, 2.24) is 10.2 Å². The van der Waals surface area contributed by atoms with Gasteiger partial charge in [0.15, 0.2) is 0 Å². The summed E-state index contributed by atoms with van der Waals surface area (Å²) < 4.78 is 4.95. The first-order valence-corrected chi connectivity index (χ1v) is 5.16. The molecule has 1 fully saturated rings. The van der Waals surface area contributed by atoms with Gasteiger partial charge in [-0.25, -0.2) is 0 Å². The Labute approximate surface area is 90.4 Å². The molecule has 0 aromatic carbocycles. The van der Waals surface area contributed by atoms with Crippen LogP contribution in [0.25, 0.3) is 0 Å². The summed E-state index contributed by atoms with van der Waals surface area (Å²) in [4.78, 5) is 13.3. The van der Waals surface area contributed by atoms with Crippen LogP contribution in [0.4, 0.5) is 0 Å². The number of hydrogen-bond donors (Lipinski definition) is 2. The molecule has 1 saturated heterocycles. The number of aliphatic carboxylic acids is 1. The molecule has 88 valence electrons. The highest BCUT2D eigenvalue weighted by Gasteiger charge is 2.36. The number of carboxylic acid groups (broad SMARTS) is 1. The minimum Gasteiger partial charge on any atom is -0.480 e. The number of likely N-dealkylation sites (N-methyl/N-ethyl adjacent to an activating group) is 1. The van der Waals surface area contributed by atoms with Crippen LogP contribution < -0.4 is 5.32 Å². The molecule has 0 aromatic rings. The molecule has 0 radical (unpaired) electrons. The summed E-state index contributed by atoms with van der Waals surface area (Å²) in [6.07, 6.45) is 0.989. The van der Waals surface area contributed by atoms with Crippen LogP contribution in [0, 0.1) is 0 Å². The van der Waals surface area contributed by atoms with Crippen LogP contribution in [0.2, 0.25) is 0 Å². The van der Waals surface area contributed by atoms with Gasteiger partial charge < -0.3 is 14.7 Å². The van der Waals surface area contributed by atoms with Crippen molar-refractivity contribution >= 4 is 5.97 Å². The molecular formula is C10H20N2O3. The number of ether oxygens (including phenoxy) is 1. The van der Waals surface area contributed by atoms with Gasteiger partial charge in [0, 0.05) is 19.7 Å². The molecule has 0 aliphatic carbocycles. The highest BCUT2D eigenvalue weighted by atomic mass is 16.5. The second-order valence-electron chi connectivity index (χ2n) is 4.46. The van der Waals surface area contributed by atoms with E-state index in [-0.39, 0.29) is 12.6 Å². The molecule has 1 heterocycles. The fourth-order valence-electron chi connectivity index (χ4n) is 1.96. The average molecular weight is 216 g/mol. The van der Waals surface area contributed by atoms with E-state index in [1.165, 1.54) is 7.11 Å². The van der Waals surface area contributed by atoms with Crippen molar-refractivity contribution in [3.63, 3.8) is 0 Å². The third-order valence-corrected chi connectivity index (χ3v) is 2.82. The van der Waals surface area contributed by atoms with Crippen LogP contribution in [0.15, 0.2) is 0 Å². The fraction of sp³-hybridized carbons (Fsp3) is 0.900. The first kappa shape index (κ1) is 12.4. The Morgan fingerprint density at radius 2 is 2.40 bits per heavy atom. The van der Waals surface area contributed by atoms with Gasteiger partial charge in [-0.05, 0) is 26.9 Å². The van der Waals surface area contributed by atoms with Gasteiger partial charge in [-0.15, -0.1) is 0 Å². The molecule has 1 aliphatic heterocycles. The van der Waals surface area contributed by atoms with Crippen LogP contribution in [0.5, 0.6) is 0 Å². The highest BCUT2D eigenvalue weighted by molar-refractivity contribution is 5.78. The van der Waals surface area contributed by atoms with Crippen molar-refractivity contribution in [3.05, 3.63) is 0 Å². The number of nitrogens with zero attached hydrogens (tertiary/aromatic N) is 1. The zero-order valence-electron chi connectivity index (χ0n) is 9.62. The highest BCUT2D eigenvalue weighted by Crippen LogP contribution is 2.13. The van der Waals surface area contributed by atoms with Gasteiger partial charge in [0.25, 0.3) is 0 Å². The minimum atomic E-state index is -0.982. The third kappa shape index (κ3) is 3.15. The van der Waals surface area contributed by atoms with Gasteiger partial charge in [0.05, 0.1) is 6.61 Å². The maximum Gasteiger partial charge on any atom is 0.326 e. The first-order valence-electron chi connectivity index (χ1n) is 5.16. The van der Waals surface area contributed by atoms with E-state index >= 15 is 0 Å². The second-order valence-corrected chi connectivity index (χ2v) is 4.46. The molecule has 2 atom stereocenters. The van der Waals surface area contributed by atoms with Crippen molar-refractivity contribution in [2.45, 2.75) is 24.9 Å². The molecule has 15 heavy (non-hydrogen) atoms. The van der Waals surface area contributed by atoms with Crippen LogP contribution in [-0.2, 0) is 9.53 Å². The molecule has 2 unspecified atom stereocenters. The zero-order chi connectivity index (χ0) is 11.5. The zero-order valence-corrected chi connectivity index (χ0v) is 9.62. The quantitative estimate of drug-likeness (QED) is 0.664. The number of carboxylic acids is 1. The van der Waals surface area contributed by atoms with Crippen molar-refractivity contribution in [2.24, 2.45) is 0 Å². The minimum absolute atomic E-state index is 0.183. The summed E-state index contributed by atoms with van der Waals surface area (Å²) in [6.45, 7) is 3.76. The van der Waals surface area contributed by atoms with Crippen LogP contribution in [0.3, 0.4) is 0 Å². The monoisotopic (exact) mass is 216 g/mol. The van der Waals surface area contributed by atoms with E-state index in [0.717, 1.165) is 19.5 Å². The summed E-state index contributed by atoms with van der Waals surface area (Å²) in [5.41, 5.74) is -0.982. The molecule has 0 saturated carbocycles. The largest absolute Gasteiger partial charge is 0.480 e. The lowest BCUT2D eigenvalue weighted by molar-refractivity contribution is -0.146. The lowest BCUT2D eigenvalue weighted by atomic mass is 10.0. The maximum absolute atomic E-state index is 11.1. The first-order chi connectivity index (χ1) is 6.98. The molecule has 5 heteroatoms. The van der Waals surface area contributed by atoms with E-state index in [1.807, 2.05) is 7.05 Å². The number of methoxy groups -OCH3 is 1. The number of likely N-dealkylation sites (tertiary alicyclic amines) is 1. The number of nitrogens with one attached hydrogen (secondary N) is 1. The molecule has 5 nitrogen and oxygen atoms in total. The van der Waals surface area contributed by atoms with Crippen molar-refractivity contribution in [3.8, 4) is 0 Å². The number of rotatable bonds is 5. The van der Waals surface area contributed by atoms with E-state index in [0.29, 0.717) is 0 Å². The fourth-order valence-corrected chi connectivity index (χ4v) is 1.96. The molecule has 0 bridgehead atoms. The Balaban J connectivity index is 2.55. The maximum atomic E-state index is 11.1. The Hall–Kier alpha value is -0.650. The summed E-state index contributed by atoms with van der Waals surface area (Å²) in [5.74, 6) is -0.862. The smallest absolute Gasteiger partial charge is 0.326 e. The predicted molar refractivity (Wildman–Crippen MR) is 57.0 cm³/mol. The molecule has 1 rings (SSSR count). The van der Waals surface area contributed by atoms with Gasteiger partial charge in [-0.2, -0.15) is 0 Å². The van der Waals surface area contributed by atoms with Crippen molar-refractivity contribution < 1.29 is 14.6 Å². The predicted octanol–water partition coefficient (Wildman–Crippen LogP) is -0.230. The van der Waals surface area contributed by atoms with Gasteiger partial charge in [-0.3, -0.25) is 10.1 Å². The Kier molecular flexibility index (Phi) is 4.07. The third-order valence-electron chi connectivity index (χ3n) is 2.82. The lowest BCUT2D eigenvalue weighted by Crippen LogP contribution is -2.57. The average Bonchev–Trinajstić information content (AvgIpc) is 2.51. The molecular weight excluding hydrogens is 196 g/mol. The van der Waals surface area contributed by atoms with E-state index in [1.54, 1.807) is 6.92 Å². The molecule has 0 amide bonds. The molecule has 1 aliphatic rings. The van der Waals surface area contributed by atoms with Gasteiger partial charge >= 0.3 is 5.97 Å². The van der Waals surface area contributed by atoms with Gasteiger partial charge in [0.1, 0.15) is 5.54 Å². The number of carbonyl (C=O) groups is 1. The van der Waals surface area contributed by atoms with Crippen LogP contribution in [0.1, 0.15) is 13.3 Å². The van der Waals surface area contributed by atoms with E-state index in [4.69, 9.17) is 9.84 Å². The summed E-state index contributed by atoms with van der Waals surface area (Å²) in [7, 11) is 3.56. The van der Waals surface area contributed by atoms with E-state index in [9.17, 15) is 4.79 Å². The molecule has 0 spiro atoms. The lowest BCUT2D eigenvalue weighted by Gasteiger charge is -2.29. The number of hydrogen-bond acceptors (Lipinski definition) is 4. The topological polar surface area (TPSA) is 61.8 Å². The van der Waals surface area contributed by atoms with Crippen molar-refractivity contribution in [1.29, 1.82) is 0 Å². The van der Waals surface area contributed by atoms with Crippen LogP contribution >= 0.6 is 0 Å². The normalized spacial score (nSPS) is 26.5. The molecule has 0 aromatic heterocycles. The van der Waals surface area contributed by atoms with Crippen LogP contribution in [-0.4, -0.2) is 61.4 Å². The Morgan fingerprint density at radius 3 is 2.80 bits per heavy atom. The molecule has 2 N–H and O–H groups in total. The Morgan fingerprint density at radius 1 is 1.73 bits per heavy atom. The SMILES string of the molecule is COCC(C)(NC1CCN(C)C1)C(=O)O. The second kappa shape index (κ2) is 4.92. The van der Waals surface area contributed by atoms with E-state index < -0.39 is 11.5 Å². The van der Waals surface area contributed by atoms with Crippen molar-refractivity contribution in [2.75, 3.05) is 33.9 Å². The standard InChI is InChI=1S/C10H20N2O3/c1-10(7-15-3,9(13)14)11-8-4-5-12(2)6-8/h8,11H,4-7H2,1-3H3,(H,13,14). The summed E-state index contributed by atoms with van der Waals surface area (Å²) in [5, 5.41) is 12.3. The summed E-state index contributed by atoms with van der Waals surface area (Å²) in [6, 6.07) is 0.242. The Bertz CT molecular complexity index is 235.